The Morgan fingerprint density at radius 1 is 0.933 bits per heavy atom. The molecule has 1 unspecified atom stereocenters. The second-order valence-electron chi connectivity index (χ2n) is 9.21. The van der Waals surface area contributed by atoms with E-state index in [4.69, 9.17) is 9.47 Å². The predicted molar refractivity (Wildman–Crippen MR) is 118 cm³/mol. The molecule has 1 aromatic carbocycles. The Kier molecular flexibility index (Phi) is 7.62. The van der Waals surface area contributed by atoms with Crippen LogP contribution < -0.4 is 4.74 Å². The Labute approximate surface area is 181 Å². The molecule has 3 fully saturated rings. The summed E-state index contributed by atoms with van der Waals surface area (Å²) in [5, 5.41) is 11.1. The Bertz CT molecular complexity index is 644. The average Bonchev–Trinajstić information content (AvgIpc) is 3.12. The first-order chi connectivity index (χ1) is 14.6. The van der Waals surface area contributed by atoms with E-state index in [1.165, 1.54) is 5.56 Å². The Balaban J connectivity index is 1.18. The van der Waals surface area contributed by atoms with Crippen LogP contribution in [0, 0.1) is 0 Å². The molecule has 3 saturated heterocycles. The van der Waals surface area contributed by atoms with Crippen molar-refractivity contribution in [3.63, 3.8) is 0 Å². The summed E-state index contributed by atoms with van der Waals surface area (Å²) in [5.41, 5.74) is 0.706. The van der Waals surface area contributed by atoms with Crippen LogP contribution >= 0.6 is 0 Å². The van der Waals surface area contributed by atoms with Crippen LogP contribution in [0.15, 0.2) is 24.3 Å². The third-order valence-corrected chi connectivity index (χ3v) is 6.63. The summed E-state index contributed by atoms with van der Waals surface area (Å²) >= 11 is 0. The molecule has 0 aliphatic carbocycles. The fourth-order valence-electron chi connectivity index (χ4n) is 4.69. The molecule has 0 aromatic heterocycles. The van der Waals surface area contributed by atoms with E-state index in [9.17, 15) is 5.11 Å². The maximum absolute atomic E-state index is 11.1. The van der Waals surface area contributed by atoms with E-state index < -0.39 is 5.60 Å². The van der Waals surface area contributed by atoms with Gasteiger partial charge in [0.25, 0.3) is 0 Å². The van der Waals surface area contributed by atoms with Gasteiger partial charge >= 0.3 is 0 Å². The first-order valence-electron chi connectivity index (χ1n) is 11.5. The van der Waals surface area contributed by atoms with Crippen molar-refractivity contribution in [2.24, 2.45) is 0 Å². The molecule has 0 spiro atoms. The summed E-state index contributed by atoms with van der Waals surface area (Å²) in [6, 6.07) is 8.45. The number of hydrogen-bond donors (Lipinski definition) is 1. The number of nitrogens with zero attached hydrogens (tertiary/aromatic N) is 4. The number of rotatable bonds is 8. The molecule has 4 rings (SSSR count). The summed E-state index contributed by atoms with van der Waals surface area (Å²) in [6.07, 6.45) is 0.863. The molecule has 1 aromatic rings. The summed E-state index contributed by atoms with van der Waals surface area (Å²) < 4.78 is 11.3. The highest BCUT2D eigenvalue weighted by Gasteiger charge is 2.37. The number of aliphatic hydroxyl groups is 1. The number of piperazine rings is 1. The van der Waals surface area contributed by atoms with Crippen molar-refractivity contribution >= 4 is 0 Å². The number of benzene rings is 1. The molecular formula is C23H38N4O3. The number of ether oxygens (including phenoxy) is 2. The van der Waals surface area contributed by atoms with Gasteiger partial charge in [0.15, 0.2) is 0 Å². The van der Waals surface area contributed by atoms with Crippen LogP contribution in [0.2, 0.25) is 0 Å². The fraction of sp³-hybridized carbons (Fsp3) is 0.739. The van der Waals surface area contributed by atoms with Gasteiger partial charge in [-0.05, 0) is 31.2 Å². The quantitative estimate of drug-likeness (QED) is 0.663. The van der Waals surface area contributed by atoms with Crippen LogP contribution in [0.3, 0.4) is 0 Å². The Morgan fingerprint density at radius 3 is 2.40 bits per heavy atom. The van der Waals surface area contributed by atoms with E-state index in [1.54, 1.807) is 0 Å². The minimum Gasteiger partial charge on any atom is -0.492 e. The van der Waals surface area contributed by atoms with Gasteiger partial charge in [0.05, 0.1) is 18.8 Å². The zero-order valence-corrected chi connectivity index (χ0v) is 18.5. The minimum atomic E-state index is -0.571. The van der Waals surface area contributed by atoms with Crippen molar-refractivity contribution in [2.75, 3.05) is 92.3 Å². The standard InChI is InChI=1S/C23H38N4O3/c1-24-8-10-26(11-9-24)19-23(28)6-7-27(20-23)18-21-2-4-22(5-3-21)30-17-14-25-12-15-29-16-13-25/h2-5,28H,6-20H2,1H3. The lowest BCUT2D eigenvalue weighted by molar-refractivity contribution is -0.000372. The molecule has 1 N–H and O–H groups in total. The van der Waals surface area contributed by atoms with Crippen molar-refractivity contribution in [1.29, 1.82) is 0 Å². The van der Waals surface area contributed by atoms with E-state index >= 15 is 0 Å². The molecule has 3 aliphatic rings. The van der Waals surface area contributed by atoms with Gasteiger partial charge in [0, 0.05) is 72.0 Å². The van der Waals surface area contributed by atoms with Crippen molar-refractivity contribution < 1.29 is 14.6 Å². The van der Waals surface area contributed by atoms with Crippen molar-refractivity contribution in [1.82, 2.24) is 19.6 Å². The number of hydrogen-bond acceptors (Lipinski definition) is 7. The van der Waals surface area contributed by atoms with Crippen LogP contribution in [0.25, 0.3) is 0 Å². The monoisotopic (exact) mass is 418 g/mol. The molecule has 0 radical (unpaired) electrons. The van der Waals surface area contributed by atoms with Gasteiger partial charge in [0.1, 0.15) is 12.4 Å². The molecule has 3 heterocycles. The fourth-order valence-corrected chi connectivity index (χ4v) is 4.69. The second-order valence-corrected chi connectivity index (χ2v) is 9.21. The topological polar surface area (TPSA) is 51.7 Å². The average molecular weight is 419 g/mol. The lowest BCUT2D eigenvalue weighted by atomic mass is 10.0. The zero-order chi connectivity index (χ0) is 20.8. The van der Waals surface area contributed by atoms with Crippen LogP contribution in [-0.2, 0) is 11.3 Å². The van der Waals surface area contributed by atoms with Crippen LogP contribution in [0.4, 0.5) is 0 Å². The van der Waals surface area contributed by atoms with Gasteiger partial charge in [-0.1, -0.05) is 12.1 Å². The van der Waals surface area contributed by atoms with Gasteiger partial charge in [-0.25, -0.2) is 0 Å². The molecule has 3 aliphatic heterocycles. The number of likely N-dealkylation sites (N-methyl/N-ethyl adjacent to an activating group) is 1. The highest BCUT2D eigenvalue weighted by atomic mass is 16.5. The lowest BCUT2D eigenvalue weighted by Gasteiger charge is -2.36. The largest absolute Gasteiger partial charge is 0.492 e. The van der Waals surface area contributed by atoms with Gasteiger partial charge < -0.3 is 19.5 Å². The number of likely N-dealkylation sites (tertiary alicyclic amines) is 1. The highest BCUT2D eigenvalue weighted by molar-refractivity contribution is 5.27. The second kappa shape index (κ2) is 10.4. The third-order valence-electron chi connectivity index (χ3n) is 6.63. The summed E-state index contributed by atoms with van der Waals surface area (Å²) in [4.78, 5) is 9.54. The molecule has 0 bridgehead atoms. The summed E-state index contributed by atoms with van der Waals surface area (Å²) in [6.45, 7) is 13.0. The van der Waals surface area contributed by atoms with Crippen molar-refractivity contribution in [3.05, 3.63) is 29.8 Å². The van der Waals surface area contributed by atoms with E-state index in [0.717, 1.165) is 97.4 Å². The molecule has 7 heteroatoms. The number of morpholine rings is 1. The van der Waals surface area contributed by atoms with Gasteiger partial charge in [-0.3, -0.25) is 14.7 Å². The predicted octanol–water partition coefficient (Wildman–Crippen LogP) is 0.582. The highest BCUT2D eigenvalue weighted by Crippen LogP contribution is 2.25. The van der Waals surface area contributed by atoms with Crippen LogP contribution in [0.1, 0.15) is 12.0 Å². The van der Waals surface area contributed by atoms with Gasteiger partial charge in [0.2, 0.25) is 0 Å². The van der Waals surface area contributed by atoms with Crippen molar-refractivity contribution in [2.45, 2.75) is 18.6 Å². The van der Waals surface area contributed by atoms with E-state index in [0.29, 0.717) is 6.61 Å². The first kappa shape index (κ1) is 22.0. The molecule has 7 nitrogen and oxygen atoms in total. The molecule has 0 saturated carbocycles. The van der Waals surface area contributed by atoms with E-state index in [-0.39, 0.29) is 0 Å². The molecule has 0 amide bonds. The lowest BCUT2D eigenvalue weighted by Crippen LogP contribution is -2.51. The smallest absolute Gasteiger partial charge is 0.119 e. The molecule has 1 atom stereocenters. The zero-order valence-electron chi connectivity index (χ0n) is 18.5. The van der Waals surface area contributed by atoms with E-state index in [2.05, 4.69) is 50.9 Å². The number of β-amino-alcohol motifs (C(OH)–C–C–N with tert-alkyl or cyclic N) is 1. The Hall–Kier alpha value is -1.22. The van der Waals surface area contributed by atoms with Gasteiger partial charge in [-0.2, -0.15) is 0 Å². The normalized spacial score (nSPS) is 27.5. The molecule has 30 heavy (non-hydrogen) atoms. The summed E-state index contributed by atoms with van der Waals surface area (Å²) in [5.74, 6) is 0.931. The maximum atomic E-state index is 11.1. The first-order valence-corrected chi connectivity index (χ1v) is 11.5. The van der Waals surface area contributed by atoms with Crippen LogP contribution in [0.5, 0.6) is 5.75 Å². The maximum Gasteiger partial charge on any atom is 0.119 e. The molecular weight excluding hydrogens is 380 g/mol. The van der Waals surface area contributed by atoms with Crippen molar-refractivity contribution in [3.8, 4) is 5.75 Å². The SMILES string of the molecule is CN1CCN(CC2(O)CCN(Cc3ccc(OCCN4CCOCC4)cc3)C2)CC1. The summed E-state index contributed by atoms with van der Waals surface area (Å²) in [7, 11) is 2.17. The van der Waals surface area contributed by atoms with Gasteiger partial charge in [-0.15, -0.1) is 0 Å². The van der Waals surface area contributed by atoms with Crippen LogP contribution in [-0.4, -0.2) is 123 Å². The van der Waals surface area contributed by atoms with E-state index in [1.807, 2.05) is 0 Å². The third kappa shape index (κ3) is 6.39. The minimum absolute atomic E-state index is 0.571. The Morgan fingerprint density at radius 2 is 1.67 bits per heavy atom. The molecule has 168 valence electrons.